The van der Waals surface area contributed by atoms with Crippen molar-refractivity contribution in [1.29, 1.82) is 0 Å². The fraction of sp³-hybridized carbons (Fsp3) is 0.833. The van der Waals surface area contributed by atoms with E-state index in [1.54, 1.807) is 0 Å². The lowest BCUT2D eigenvalue weighted by Crippen LogP contribution is -2.23. The van der Waals surface area contributed by atoms with E-state index in [0.29, 0.717) is 0 Å². The quantitative estimate of drug-likeness (QED) is 0.328. The van der Waals surface area contributed by atoms with Crippen LogP contribution in [-0.4, -0.2) is 17.1 Å². The van der Waals surface area contributed by atoms with Crippen molar-refractivity contribution in [3.63, 3.8) is 0 Å². The van der Waals surface area contributed by atoms with Gasteiger partial charge < -0.3 is 10.8 Å². The maximum Gasteiger partial charge on any atom is 0.304 e. The van der Waals surface area contributed by atoms with Crippen molar-refractivity contribution >= 4 is 5.97 Å². The predicted octanol–water partition coefficient (Wildman–Crippen LogP) is 5.05. The summed E-state index contributed by atoms with van der Waals surface area (Å²) in [6, 6.07) is -0.165. The van der Waals surface area contributed by atoms with Crippen LogP contribution in [0.3, 0.4) is 0 Å². The number of hydrogen-bond donors (Lipinski definition) is 2. The van der Waals surface area contributed by atoms with Crippen molar-refractivity contribution in [2.75, 3.05) is 0 Å². The summed E-state index contributed by atoms with van der Waals surface area (Å²) in [5.41, 5.74) is 5.73. The Morgan fingerprint density at radius 1 is 0.952 bits per heavy atom. The van der Waals surface area contributed by atoms with Gasteiger partial charge in [0.2, 0.25) is 0 Å². The van der Waals surface area contributed by atoms with Crippen molar-refractivity contribution in [2.24, 2.45) is 5.73 Å². The minimum absolute atomic E-state index is 0.103. The van der Waals surface area contributed by atoms with Gasteiger partial charge in [0.25, 0.3) is 0 Å². The maximum atomic E-state index is 10.5. The van der Waals surface area contributed by atoms with Gasteiger partial charge in [-0.2, -0.15) is 0 Å². The number of allylic oxidation sites excluding steroid dienone is 2. The molecule has 0 aromatic heterocycles. The second kappa shape index (κ2) is 15.6. The Labute approximate surface area is 131 Å². The molecule has 0 saturated carbocycles. The summed E-state index contributed by atoms with van der Waals surface area (Å²) in [4.78, 5) is 10.5. The molecule has 3 nitrogen and oxygen atoms in total. The molecule has 0 heterocycles. The maximum absolute atomic E-state index is 10.5. The molecule has 3 N–H and O–H groups in total. The molecule has 0 aromatic carbocycles. The van der Waals surface area contributed by atoms with E-state index in [4.69, 9.17) is 10.8 Å². The van der Waals surface area contributed by atoms with Crippen LogP contribution < -0.4 is 5.73 Å². The van der Waals surface area contributed by atoms with Gasteiger partial charge >= 0.3 is 5.97 Å². The molecule has 0 bridgehead atoms. The van der Waals surface area contributed by atoms with E-state index in [9.17, 15) is 4.79 Å². The molecule has 0 radical (unpaired) electrons. The Morgan fingerprint density at radius 3 is 2.05 bits per heavy atom. The van der Waals surface area contributed by atoms with Crippen LogP contribution in [-0.2, 0) is 4.79 Å². The molecule has 0 saturated heterocycles. The van der Waals surface area contributed by atoms with Crippen molar-refractivity contribution in [3.05, 3.63) is 12.2 Å². The number of aliphatic carboxylic acids is 1. The summed E-state index contributed by atoms with van der Waals surface area (Å²) in [6.07, 6.45) is 19.4. The Kier molecular flexibility index (Phi) is 14.9. The first-order valence-corrected chi connectivity index (χ1v) is 8.79. The van der Waals surface area contributed by atoms with Crippen LogP contribution in [0.4, 0.5) is 0 Å². The van der Waals surface area contributed by atoms with Crippen molar-refractivity contribution in [2.45, 2.75) is 96.4 Å². The Morgan fingerprint density at radius 2 is 1.48 bits per heavy atom. The molecule has 3 heteroatoms. The highest BCUT2D eigenvalue weighted by atomic mass is 16.4. The van der Waals surface area contributed by atoms with Crippen LogP contribution in [0.25, 0.3) is 0 Å². The van der Waals surface area contributed by atoms with E-state index in [2.05, 4.69) is 19.1 Å². The molecule has 1 atom stereocenters. The molecule has 0 amide bonds. The standard InChI is InChI=1S/C18H35NO2/c1-2-3-4-5-6-7-8-9-10-11-12-13-14-15-17(19)16-18(20)21/h5-6,17H,2-4,7-16,19H2,1H3,(H,20,21)/b6-5-. The highest BCUT2D eigenvalue weighted by Gasteiger charge is 2.06. The minimum Gasteiger partial charge on any atom is -0.481 e. The molecule has 1 unspecified atom stereocenters. The fourth-order valence-electron chi connectivity index (χ4n) is 2.44. The van der Waals surface area contributed by atoms with Gasteiger partial charge in [0.15, 0.2) is 0 Å². The predicted molar refractivity (Wildman–Crippen MR) is 90.4 cm³/mol. The number of rotatable bonds is 15. The van der Waals surface area contributed by atoms with Gasteiger partial charge in [0.1, 0.15) is 0 Å². The molecule has 0 aliphatic carbocycles. The Bertz CT molecular complexity index is 264. The largest absolute Gasteiger partial charge is 0.481 e. The monoisotopic (exact) mass is 297 g/mol. The molecule has 0 spiro atoms. The molecular formula is C18H35NO2. The summed E-state index contributed by atoms with van der Waals surface area (Å²) < 4.78 is 0. The summed E-state index contributed by atoms with van der Waals surface area (Å²) in [6.45, 7) is 2.23. The van der Waals surface area contributed by atoms with Gasteiger partial charge in [0, 0.05) is 6.04 Å². The molecule has 21 heavy (non-hydrogen) atoms. The Hall–Kier alpha value is -0.830. The zero-order valence-electron chi connectivity index (χ0n) is 13.9. The van der Waals surface area contributed by atoms with E-state index < -0.39 is 5.97 Å². The number of hydrogen-bond acceptors (Lipinski definition) is 2. The van der Waals surface area contributed by atoms with E-state index in [-0.39, 0.29) is 12.5 Å². The molecule has 0 aliphatic heterocycles. The summed E-state index contributed by atoms with van der Waals surface area (Å²) in [5, 5.41) is 8.60. The highest BCUT2D eigenvalue weighted by molar-refractivity contribution is 5.67. The molecule has 0 aliphatic rings. The minimum atomic E-state index is -0.786. The number of nitrogens with two attached hydrogens (primary N) is 1. The highest BCUT2D eigenvalue weighted by Crippen LogP contribution is 2.11. The van der Waals surface area contributed by atoms with E-state index >= 15 is 0 Å². The van der Waals surface area contributed by atoms with Crippen LogP contribution in [0, 0.1) is 0 Å². The van der Waals surface area contributed by atoms with Gasteiger partial charge in [-0.05, 0) is 25.7 Å². The van der Waals surface area contributed by atoms with Crippen LogP contribution >= 0.6 is 0 Å². The molecule has 0 aromatic rings. The normalized spacial score (nSPS) is 12.9. The van der Waals surface area contributed by atoms with Crippen molar-refractivity contribution in [1.82, 2.24) is 0 Å². The molecule has 0 rings (SSSR count). The first kappa shape index (κ1) is 20.2. The summed E-state index contributed by atoms with van der Waals surface area (Å²) in [7, 11) is 0. The van der Waals surface area contributed by atoms with Gasteiger partial charge in [-0.3, -0.25) is 4.79 Å². The lowest BCUT2D eigenvalue weighted by atomic mass is 10.0. The van der Waals surface area contributed by atoms with Crippen molar-refractivity contribution < 1.29 is 9.90 Å². The first-order valence-electron chi connectivity index (χ1n) is 8.79. The lowest BCUT2D eigenvalue weighted by molar-refractivity contribution is -0.137. The number of carbonyl (C=O) groups is 1. The fourth-order valence-corrected chi connectivity index (χ4v) is 2.44. The number of unbranched alkanes of at least 4 members (excludes halogenated alkanes) is 9. The number of carboxylic acid groups (broad SMARTS) is 1. The number of carboxylic acids is 1. The summed E-state index contributed by atoms with van der Waals surface area (Å²) >= 11 is 0. The third-order valence-electron chi connectivity index (χ3n) is 3.77. The average Bonchev–Trinajstić information content (AvgIpc) is 2.43. The zero-order valence-corrected chi connectivity index (χ0v) is 13.9. The molecule has 0 fully saturated rings. The zero-order chi connectivity index (χ0) is 15.8. The third kappa shape index (κ3) is 17.1. The Balaban J connectivity index is 3.15. The van der Waals surface area contributed by atoms with Gasteiger partial charge in [-0.1, -0.05) is 70.4 Å². The second-order valence-electron chi connectivity index (χ2n) is 6.02. The van der Waals surface area contributed by atoms with Crippen LogP contribution in [0.1, 0.15) is 90.4 Å². The van der Waals surface area contributed by atoms with Crippen LogP contribution in [0.2, 0.25) is 0 Å². The topological polar surface area (TPSA) is 63.3 Å². The summed E-state index contributed by atoms with van der Waals surface area (Å²) in [5.74, 6) is -0.786. The van der Waals surface area contributed by atoms with Gasteiger partial charge in [0.05, 0.1) is 6.42 Å². The third-order valence-corrected chi connectivity index (χ3v) is 3.77. The van der Waals surface area contributed by atoms with E-state index in [0.717, 1.165) is 12.8 Å². The van der Waals surface area contributed by atoms with Crippen LogP contribution in [0.15, 0.2) is 12.2 Å². The van der Waals surface area contributed by atoms with Crippen molar-refractivity contribution in [3.8, 4) is 0 Å². The van der Waals surface area contributed by atoms with Gasteiger partial charge in [-0.15, -0.1) is 0 Å². The van der Waals surface area contributed by atoms with Crippen LogP contribution in [0.5, 0.6) is 0 Å². The smallest absolute Gasteiger partial charge is 0.304 e. The first-order chi connectivity index (χ1) is 10.2. The SMILES string of the molecule is CCCC/C=C\CCCCCCCCCC(N)CC(=O)O. The molecule has 124 valence electrons. The molecular weight excluding hydrogens is 262 g/mol. The van der Waals surface area contributed by atoms with E-state index in [1.807, 2.05) is 0 Å². The second-order valence-corrected chi connectivity index (χ2v) is 6.02. The average molecular weight is 297 g/mol. The van der Waals surface area contributed by atoms with Gasteiger partial charge in [-0.25, -0.2) is 0 Å². The lowest BCUT2D eigenvalue weighted by Gasteiger charge is -2.08. The van der Waals surface area contributed by atoms with E-state index in [1.165, 1.54) is 64.2 Å².